The molecule has 3 heterocycles. The average molecular weight is 284 g/mol. The van der Waals surface area contributed by atoms with Gasteiger partial charge in [0.05, 0.1) is 5.69 Å². The first-order valence-corrected chi connectivity index (χ1v) is 7.41. The molecule has 3 amide bonds. The number of urea groups is 1. The first-order valence-electron chi connectivity index (χ1n) is 6.53. The van der Waals surface area contributed by atoms with Crippen molar-refractivity contribution >= 4 is 29.0 Å². The van der Waals surface area contributed by atoms with Crippen LogP contribution in [0.25, 0.3) is 0 Å². The van der Waals surface area contributed by atoms with Crippen molar-refractivity contribution < 1.29 is 9.59 Å². The fourth-order valence-corrected chi connectivity index (χ4v) is 3.85. The number of amides is 3. The number of benzene rings is 1. The number of hydrogen-bond donors (Lipinski definition) is 0. The lowest BCUT2D eigenvalue weighted by Crippen LogP contribution is -2.35. The third-order valence-electron chi connectivity index (χ3n) is 3.87. The van der Waals surface area contributed by atoms with Gasteiger partial charge in [-0.05, 0) is 35.6 Å². The number of nitrogens with zero attached hydrogens (tertiary/aromatic N) is 2. The van der Waals surface area contributed by atoms with Crippen LogP contribution in [-0.2, 0) is 11.2 Å². The Morgan fingerprint density at radius 3 is 2.70 bits per heavy atom. The van der Waals surface area contributed by atoms with Crippen LogP contribution in [0.4, 0.5) is 10.5 Å². The molecule has 0 spiro atoms. The van der Waals surface area contributed by atoms with Crippen molar-refractivity contribution in [3.8, 4) is 0 Å². The van der Waals surface area contributed by atoms with Crippen molar-refractivity contribution in [2.45, 2.75) is 12.5 Å². The Morgan fingerprint density at radius 2 is 1.90 bits per heavy atom. The predicted octanol–water partition coefficient (Wildman–Crippen LogP) is 2.81. The van der Waals surface area contributed by atoms with Gasteiger partial charge in [-0.15, -0.1) is 11.3 Å². The van der Waals surface area contributed by atoms with Crippen LogP contribution in [0.1, 0.15) is 16.5 Å². The molecule has 1 unspecified atom stereocenters. The Hall–Kier alpha value is -2.14. The van der Waals surface area contributed by atoms with E-state index in [1.165, 1.54) is 9.78 Å². The zero-order valence-electron chi connectivity index (χ0n) is 10.7. The van der Waals surface area contributed by atoms with Crippen LogP contribution in [0, 0.1) is 0 Å². The van der Waals surface area contributed by atoms with Crippen LogP contribution in [0.15, 0.2) is 41.8 Å². The van der Waals surface area contributed by atoms with Gasteiger partial charge < -0.3 is 4.90 Å². The van der Waals surface area contributed by atoms with E-state index in [0.717, 1.165) is 12.0 Å². The van der Waals surface area contributed by atoms with Crippen molar-refractivity contribution in [2.75, 3.05) is 11.4 Å². The maximum absolute atomic E-state index is 12.7. The topological polar surface area (TPSA) is 40.6 Å². The van der Waals surface area contributed by atoms with Crippen molar-refractivity contribution in [3.05, 3.63) is 52.2 Å². The maximum atomic E-state index is 12.7. The van der Waals surface area contributed by atoms with E-state index in [4.69, 9.17) is 0 Å². The average Bonchev–Trinajstić information content (AvgIpc) is 3.03. The molecule has 20 heavy (non-hydrogen) atoms. The molecule has 2 aromatic rings. The summed E-state index contributed by atoms with van der Waals surface area (Å²) in [5, 5.41) is 2.00. The Bertz CT molecular complexity index is 695. The number of carbonyl (C=O) groups excluding carboxylic acids is 2. The Balaban J connectivity index is 1.80. The summed E-state index contributed by atoms with van der Waals surface area (Å²) in [6.45, 7) is 0.617. The van der Waals surface area contributed by atoms with Gasteiger partial charge >= 0.3 is 6.03 Å². The minimum absolute atomic E-state index is 0.138. The quantitative estimate of drug-likeness (QED) is 0.756. The summed E-state index contributed by atoms with van der Waals surface area (Å²) in [5.41, 5.74) is 1.65. The molecular formula is C15H12N2O2S. The van der Waals surface area contributed by atoms with Crippen molar-refractivity contribution in [2.24, 2.45) is 0 Å². The molecule has 0 aliphatic carbocycles. The first-order chi connectivity index (χ1) is 9.77. The first kappa shape index (κ1) is 11.7. The summed E-state index contributed by atoms with van der Waals surface area (Å²) in [6, 6.07) is 10.5. The molecule has 0 saturated carbocycles. The zero-order valence-corrected chi connectivity index (χ0v) is 11.5. The Kier molecular flexibility index (Phi) is 2.44. The van der Waals surface area contributed by atoms with Gasteiger partial charge in [0.1, 0.15) is 6.04 Å². The summed E-state index contributed by atoms with van der Waals surface area (Å²) in [6.07, 6.45) is 0.838. The number of thiophene rings is 1. The second-order valence-corrected chi connectivity index (χ2v) is 5.94. The lowest BCUT2D eigenvalue weighted by atomic mass is 10.0. The molecular weight excluding hydrogens is 272 g/mol. The van der Waals surface area contributed by atoms with Crippen molar-refractivity contribution in [3.63, 3.8) is 0 Å². The van der Waals surface area contributed by atoms with Gasteiger partial charge in [-0.1, -0.05) is 18.2 Å². The molecule has 0 radical (unpaired) electrons. The summed E-state index contributed by atoms with van der Waals surface area (Å²) in [5.74, 6) is -0.138. The van der Waals surface area contributed by atoms with Crippen LogP contribution >= 0.6 is 11.3 Å². The van der Waals surface area contributed by atoms with Gasteiger partial charge in [0, 0.05) is 11.4 Å². The molecule has 0 bridgehead atoms. The van der Waals surface area contributed by atoms with Gasteiger partial charge in [0.15, 0.2) is 0 Å². The third-order valence-corrected chi connectivity index (χ3v) is 4.87. The van der Waals surface area contributed by atoms with Crippen LogP contribution in [-0.4, -0.2) is 23.4 Å². The summed E-state index contributed by atoms with van der Waals surface area (Å²) in [4.78, 5) is 29.4. The molecule has 1 atom stereocenters. The highest BCUT2D eigenvalue weighted by Gasteiger charge is 2.49. The number of anilines is 1. The number of hydrogen-bond acceptors (Lipinski definition) is 3. The van der Waals surface area contributed by atoms with Gasteiger partial charge in [-0.2, -0.15) is 0 Å². The Morgan fingerprint density at radius 1 is 1.10 bits per heavy atom. The molecule has 4 rings (SSSR count). The monoisotopic (exact) mass is 284 g/mol. The highest BCUT2D eigenvalue weighted by atomic mass is 32.1. The largest absolute Gasteiger partial charge is 0.332 e. The lowest BCUT2D eigenvalue weighted by Gasteiger charge is -2.26. The highest BCUT2D eigenvalue weighted by Crippen LogP contribution is 2.40. The highest BCUT2D eigenvalue weighted by molar-refractivity contribution is 7.10. The standard InChI is InChI=1S/C15H12N2O2S/c18-14-13-11-7-9-20-12(11)6-8-16(13)15(19)17(14)10-4-2-1-3-5-10/h1-5,7,9,13H,6,8H2. The third kappa shape index (κ3) is 1.47. The molecule has 0 N–H and O–H groups in total. The fraction of sp³-hybridized carbons (Fsp3) is 0.200. The van der Waals surface area contributed by atoms with Gasteiger partial charge in [0.2, 0.25) is 0 Å². The molecule has 2 aliphatic heterocycles. The maximum Gasteiger partial charge on any atom is 0.332 e. The van der Waals surface area contributed by atoms with E-state index >= 15 is 0 Å². The second kappa shape index (κ2) is 4.18. The molecule has 100 valence electrons. The lowest BCUT2D eigenvalue weighted by molar-refractivity contribution is -0.120. The molecule has 5 heteroatoms. The number of imide groups is 1. The number of fused-ring (bicyclic) bond motifs is 3. The fourth-order valence-electron chi connectivity index (χ4n) is 2.95. The molecule has 1 aromatic heterocycles. The molecule has 1 fully saturated rings. The minimum Gasteiger partial charge on any atom is -0.307 e. The molecule has 4 nitrogen and oxygen atoms in total. The Labute approximate surface area is 120 Å². The summed E-state index contributed by atoms with van der Waals surface area (Å²) < 4.78 is 0. The van der Waals surface area contributed by atoms with Crippen LogP contribution < -0.4 is 4.90 Å². The summed E-state index contributed by atoms with van der Waals surface area (Å²) in [7, 11) is 0. The van der Waals surface area contributed by atoms with Gasteiger partial charge in [0.25, 0.3) is 5.91 Å². The van der Waals surface area contributed by atoms with E-state index in [9.17, 15) is 9.59 Å². The number of para-hydroxylation sites is 1. The molecule has 2 aliphatic rings. The van der Waals surface area contributed by atoms with E-state index in [-0.39, 0.29) is 11.9 Å². The van der Waals surface area contributed by atoms with E-state index in [1.54, 1.807) is 28.4 Å². The van der Waals surface area contributed by atoms with Crippen LogP contribution in [0.3, 0.4) is 0 Å². The molecule has 1 saturated heterocycles. The normalized spacial score (nSPS) is 21.1. The predicted molar refractivity (Wildman–Crippen MR) is 76.8 cm³/mol. The number of rotatable bonds is 1. The van der Waals surface area contributed by atoms with Gasteiger partial charge in [-0.3, -0.25) is 4.79 Å². The second-order valence-electron chi connectivity index (χ2n) is 4.94. The summed E-state index contributed by atoms with van der Waals surface area (Å²) >= 11 is 1.67. The van der Waals surface area contributed by atoms with E-state index in [0.29, 0.717) is 12.2 Å². The smallest absolute Gasteiger partial charge is 0.307 e. The van der Waals surface area contributed by atoms with Gasteiger partial charge in [-0.25, -0.2) is 9.69 Å². The minimum atomic E-state index is -0.433. The van der Waals surface area contributed by atoms with Crippen molar-refractivity contribution in [1.29, 1.82) is 0 Å². The van der Waals surface area contributed by atoms with E-state index in [1.807, 2.05) is 29.6 Å². The van der Waals surface area contributed by atoms with E-state index in [2.05, 4.69) is 0 Å². The van der Waals surface area contributed by atoms with Crippen LogP contribution in [0.5, 0.6) is 0 Å². The number of carbonyl (C=O) groups is 2. The SMILES string of the molecule is O=C1C2c3ccsc3CCN2C(=O)N1c1ccccc1. The molecule has 1 aromatic carbocycles. The zero-order chi connectivity index (χ0) is 13.7. The van der Waals surface area contributed by atoms with Crippen molar-refractivity contribution in [1.82, 2.24) is 4.90 Å². The van der Waals surface area contributed by atoms with Crippen LogP contribution in [0.2, 0.25) is 0 Å². The van der Waals surface area contributed by atoms with E-state index < -0.39 is 6.04 Å².